The fourth-order valence-electron chi connectivity index (χ4n) is 3.83. The Morgan fingerprint density at radius 2 is 1.62 bits per heavy atom. The first kappa shape index (κ1) is 24.3. The number of rotatable bonds is 8. The van der Waals surface area contributed by atoms with Crippen LogP contribution in [0.25, 0.3) is 5.69 Å². The molecule has 0 atom stereocenters. The van der Waals surface area contributed by atoms with Crippen molar-refractivity contribution in [2.75, 3.05) is 19.6 Å². The molecule has 4 rings (SSSR count). The molecule has 170 valence electrons. The van der Waals surface area contributed by atoms with Gasteiger partial charge in [0, 0.05) is 32.0 Å². The van der Waals surface area contributed by atoms with Crippen LogP contribution in [0.15, 0.2) is 72.0 Å². The van der Waals surface area contributed by atoms with E-state index in [4.69, 9.17) is 4.99 Å². The Hall–Kier alpha value is -2.39. The lowest BCUT2D eigenvalue weighted by Crippen LogP contribution is -2.36. The van der Waals surface area contributed by atoms with Crippen LogP contribution >= 0.6 is 24.0 Å². The Morgan fingerprint density at radius 1 is 0.938 bits per heavy atom. The van der Waals surface area contributed by atoms with Gasteiger partial charge < -0.3 is 10.6 Å². The van der Waals surface area contributed by atoms with Crippen LogP contribution in [0.2, 0.25) is 0 Å². The number of aliphatic imine (C=N–C) groups is 1. The molecule has 0 saturated carbocycles. The van der Waals surface area contributed by atoms with Crippen molar-refractivity contribution in [2.45, 2.75) is 39.4 Å². The molecule has 0 bridgehead atoms. The van der Waals surface area contributed by atoms with Gasteiger partial charge in [-0.25, -0.2) is 9.67 Å². The van der Waals surface area contributed by atoms with E-state index >= 15 is 0 Å². The highest BCUT2D eigenvalue weighted by molar-refractivity contribution is 14.0. The van der Waals surface area contributed by atoms with E-state index in [1.54, 1.807) is 6.20 Å². The number of hydrogen-bond acceptors (Lipinski definition) is 3. The topological polar surface area (TPSA) is 57.5 Å². The second kappa shape index (κ2) is 12.6. The van der Waals surface area contributed by atoms with Crippen LogP contribution < -0.4 is 10.6 Å². The van der Waals surface area contributed by atoms with Gasteiger partial charge in [-0.3, -0.25) is 4.90 Å². The van der Waals surface area contributed by atoms with Gasteiger partial charge in [0.15, 0.2) is 5.96 Å². The number of aromatic nitrogens is 2. The average molecular weight is 544 g/mol. The summed E-state index contributed by atoms with van der Waals surface area (Å²) in [4.78, 5) is 7.28. The first-order chi connectivity index (χ1) is 15.3. The van der Waals surface area contributed by atoms with Gasteiger partial charge in [-0.2, -0.15) is 5.10 Å². The zero-order valence-corrected chi connectivity index (χ0v) is 21.0. The Bertz CT molecular complexity index is 945. The predicted octanol–water partition coefficient (Wildman–Crippen LogP) is 4.34. The van der Waals surface area contributed by atoms with Crippen LogP contribution in [0, 0.1) is 0 Å². The van der Waals surface area contributed by atoms with Crippen molar-refractivity contribution in [3.63, 3.8) is 0 Å². The maximum absolute atomic E-state index is 4.74. The Morgan fingerprint density at radius 3 is 2.28 bits per heavy atom. The summed E-state index contributed by atoms with van der Waals surface area (Å²) in [5, 5.41) is 11.0. The van der Waals surface area contributed by atoms with Gasteiger partial charge in [-0.1, -0.05) is 36.4 Å². The number of benzene rings is 2. The molecule has 0 radical (unpaired) electrons. The van der Waals surface area contributed by atoms with Gasteiger partial charge in [0.2, 0.25) is 0 Å². The Balaban J connectivity index is 0.00000289. The van der Waals surface area contributed by atoms with Crippen LogP contribution in [0.5, 0.6) is 0 Å². The number of guanidine groups is 1. The van der Waals surface area contributed by atoms with Crippen molar-refractivity contribution in [1.29, 1.82) is 0 Å². The summed E-state index contributed by atoms with van der Waals surface area (Å²) in [6.07, 6.45) is 6.40. The van der Waals surface area contributed by atoms with Crippen LogP contribution in [-0.4, -0.2) is 40.3 Å². The normalized spacial score (nSPS) is 14.2. The largest absolute Gasteiger partial charge is 0.357 e. The fraction of sp³-hybridized carbons (Fsp3) is 0.360. The number of likely N-dealkylation sites (tertiary alicyclic amines) is 1. The van der Waals surface area contributed by atoms with Crippen molar-refractivity contribution in [1.82, 2.24) is 25.3 Å². The highest BCUT2D eigenvalue weighted by Crippen LogP contribution is 2.13. The van der Waals surface area contributed by atoms with Crippen LogP contribution in [0.3, 0.4) is 0 Å². The second-order valence-corrected chi connectivity index (χ2v) is 7.97. The molecule has 3 aromatic rings. The molecule has 7 heteroatoms. The first-order valence-electron chi connectivity index (χ1n) is 11.2. The van der Waals surface area contributed by atoms with Gasteiger partial charge in [0.25, 0.3) is 0 Å². The van der Waals surface area contributed by atoms with Gasteiger partial charge in [0.05, 0.1) is 12.2 Å². The summed E-state index contributed by atoms with van der Waals surface area (Å²) >= 11 is 0. The smallest absolute Gasteiger partial charge is 0.191 e. The van der Waals surface area contributed by atoms with E-state index < -0.39 is 0 Å². The molecule has 2 aromatic carbocycles. The molecular weight excluding hydrogens is 511 g/mol. The molecule has 1 saturated heterocycles. The van der Waals surface area contributed by atoms with Crippen LogP contribution in [0.1, 0.15) is 36.5 Å². The molecule has 0 spiro atoms. The third-order valence-corrected chi connectivity index (χ3v) is 5.56. The average Bonchev–Trinajstić information content (AvgIpc) is 3.52. The minimum absolute atomic E-state index is 0. The lowest BCUT2D eigenvalue weighted by molar-refractivity contribution is 0.331. The molecule has 32 heavy (non-hydrogen) atoms. The van der Waals surface area contributed by atoms with Crippen molar-refractivity contribution >= 4 is 29.9 Å². The fourth-order valence-corrected chi connectivity index (χ4v) is 3.83. The second-order valence-electron chi connectivity index (χ2n) is 7.97. The van der Waals surface area contributed by atoms with E-state index in [1.165, 1.54) is 42.6 Å². The van der Waals surface area contributed by atoms with Crippen LogP contribution in [-0.2, 0) is 19.6 Å². The molecule has 0 unspecified atom stereocenters. The van der Waals surface area contributed by atoms with Crippen LogP contribution in [0.4, 0.5) is 0 Å². The summed E-state index contributed by atoms with van der Waals surface area (Å²) in [5.41, 5.74) is 4.87. The number of halogens is 1. The summed E-state index contributed by atoms with van der Waals surface area (Å²) < 4.78 is 1.86. The molecule has 2 heterocycles. The summed E-state index contributed by atoms with van der Waals surface area (Å²) in [6, 6.07) is 19.2. The van der Waals surface area contributed by atoms with Gasteiger partial charge >= 0.3 is 0 Å². The molecular formula is C25H33IN6. The van der Waals surface area contributed by atoms with E-state index in [9.17, 15) is 0 Å². The molecule has 0 amide bonds. The molecule has 1 aliphatic rings. The summed E-state index contributed by atoms with van der Waals surface area (Å²) in [5.74, 6) is 0.833. The lowest BCUT2D eigenvalue weighted by Gasteiger charge is -2.15. The van der Waals surface area contributed by atoms with E-state index in [0.29, 0.717) is 6.54 Å². The SMILES string of the molecule is CCNC(=NCc1ccc(-n2cccn2)cc1)NCc1ccc(CN2CCCC2)cc1.I. The lowest BCUT2D eigenvalue weighted by atomic mass is 10.1. The molecule has 2 N–H and O–H groups in total. The van der Waals surface area contributed by atoms with E-state index in [1.807, 2.05) is 16.9 Å². The Kier molecular flexibility index (Phi) is 9.55. The monoisotopic (exact) mass is 544 g/mol. The zero-order valence-electron chi connectivity index (χ0n) is 18.7. The molecule has 0 aliphatic carbocycles. The summed E-state index contributed by atoms with van der Waals surface area (Å²) in [6.45, 7) is 7.84. The highest BCUT2D eigenvalue weighted by atomic mass is 127. The maximum Gasteiger partial charge on any atom is 0.191 e. The zero-order chi connectivity index (χ0) is 21.3. The predicted molar refractivity (Wildman–Crippen MR) is 142 cm³/mol. The van der Waals surface area contributed by atoms with Crippen molar-refractivity contribution in [2.24, 2.45) is 4.99 Å². The van der Waals surface area contributed by atoms with Crippen molar-refractivity contribution in [3.8, 4) is 5.69 Å². The standard InChI is InChI=1S/C25H32N6.HI/c1-2-26-25(28-19-22-10-12-24(13-11-22)31-17-5-14-29-31)27-18-21-6-8-23(9-7-21)20-30-15-3-4-16-30;/h5-14,17H,2-4,15-16,18-20H2,1H3,(H2,26,27,28);1H. The highest BCUT2D eigenvalue weighted by Gasteiger charge is 2.11. The van der Waals surface area contributed by atoms with Gasteiger partial charge in [-0.05, 0) is 67.7 Å². The first-order valence-corrected chi connectivity index (χ1v) is 11.2. The van der Waals surface area contributed by atoms with E-state index in [-0.39, 0.29) is 24.0 Å². The van der Waals surface area contributed by atoms with Crippen molar-refractivity contribution in [3.05, 3.63) is 83.7 Å². The van der Waals surface area contributed by atoms with E-state index in [0.717, 1.165) is 31.3 Å². The number of nitrogens with zero attached hydrogens (tertiary/aromatic N) is 4. The minimum Gasteiger partial charge on any atom is -0.357 e. The maximum atomic E-state index is 4.74. The minimum atomic E-state index is 0. The van der Waals surface area contributed by atoms with Crippen molar-refractivity contribution < 1.29 is 0 Å². The molecule has 1 fully saturated rings. The number of nitrogens with one attached hydrogen (secondary N) is 2. The molecule has 1 aliphatic heterocycles. The van der Waals surface area contributed by atoms with Gasteiger partial charge in [-0.15, -0.1) is 24.0 Å². The quantitative estimate of drug-likeness (QED) is 0.252. The third-order valence-electron chi connectivity index (χ3n) is 5.56. The third kappa shape index (κ3) is 7.06. The number of hydrogen-bond donors (Lipinski definition) is 2. The molecule has 1 aromatic heterocycles. The Labute approximate surface area is 208 Å². The summed E-state index contributed by atoms with van der Waals surface area (Å²) in [7, 11) is 0. The van der Waals surface area contributed by atoms with E-state index in [2.05, 4.69) is 76.1 Å². The molecule has 6 nitrogen and oxygen atoms in total. The van der Waals surface area contributed by atoms with Gasteiger partial charge in [0.1, 0.15) is 0 Å².